The number of carbonyl (C=O) groups is 1. The second-order valence-corrected chi connectivity index (χ2v) is 5.68. The second kappa shape index (κ2) is 8.05. The fourth-order valence-electron chi connectivity index (χ4n) is 1.70. The van der Waals surface area contributed by atoms with Gasteiger partial charge in [-0.1, -0.05) is 27.5 Å². The Labute approximate surface area is 136 Å². The van der Waals surface area contributed by atoms with E-state index >= 15 is 0 Å². The third kappa shape index (κ3) is 5.40. The van der Waals surface area contributed by atoms with Crippen molar-refractivity contribution in [1.29, 1.82) is 0 Å². The van der Waals surface area contributed by atoms with Gasteiger partial charge in [0.15, 0.2) is 6.61 Å². The summed E-state index contributed by atoms with van der Waals surface area (Å²) in [4.78, 5) is 18.8. The number of imidazole rings is 1. The van der Waals surface area contributed by atoms with Crippen molar-refractivity contribution in [3.8, 4) is 5.75 Å². The van der Waals surface area contributed by atoms with E-state index in [2.05, 4.69) is 31.2 Å². The maximum Gasteiger partial charge on any atom is 0.257 e. The third-order valence-corrected chi connectivity index (χ3v) is 3.51. The molecule has 5 nitrogen and oxygen atoms in total. The number of hydrogen-bond acceptors (Lipinski definition) is 3. The molecule has 1 aromatic carbocycles. The van der Waals surface area contributed by atoms with Gasteiger partial charge in [0, 0.05) is 29.8 Å². The molecule has 1 aromatic heterocycles. The summed E-state index contributed by atoms with van der Waals surface area (Å²) in [6.07, 6.45) is 5.11. The molecule has 21 heavy (non-hydrogen) atoms. The highest BCUT2D eigenvalue weighted by Gasteiger charge is 2.06. The smallest absolute Gasteiger partial charge is 0.257 e. The van der Waals surface area contributed by atoms with Crippen LogP contribution in [0, 0.1) is 0 Å². The van der Waals surface area contributed by atoms with E-state index in [1.54, 1.807) is 24.5 Å². The van der Waals surface area contributed by atoms with E-state index in [9.17, 15) is 4.79 Å². The number of hydrogen-bond donors (Lipinski definition) is 2. The minimum atomic E-state index is -0.173. The Bertz CT molecular complexity index is 590. The summed E-state index contributed by atoms with van der Waals surface area (Å²) in [5.41, 5.74) is 0. The average Bonchev–Trinajstić information content (AvgIpc) is 2.96. The lowest BCUT2D eigenvalue weighted by Gasteiger charge is -2.08. The number of H-pyrrole nitrogens is 1. The van der Waals surface area contributed by atoms with Crippen molar-refractivity contribution in [2.75, 3.05) is 13.2 Å². The van der Waals surface area contributed by atoms with E-state index in [1.807, 2.05) is 6.07 Å². The largest absolute Gasteiger partial charge is 0.482 e. The van der Waals surface area contributed by atoms with Crippen molar-refractivity contribution >= 4 is 33.4 Å². The first kappa shape index (κ1) is 15.9. The van der Waals surface area contributed by atoms with Crippen LogP contribution in [0.4, 0.5) is 0 Å². The number of rotatable bonds is 7. The molecule has 7 heteroatoms. The van der Waals surface area contributed by atoms with E-state index in [1.165, 1.54) is 0 Å². The van der Waals surface area contributed by atoms with Gasteiger partial charge in [0.2, 0.25) is 0 Å². The highest BCUT2D eigenvalue weighted by atomic mass is 79.9. The predicted molar refractivity (Wildman–Crippen MR) is 84.6 cm³/mol. The van der Waals surface area contributed by atoms with Crippen molar-refractivity contribution in [3.63, 3.8) is 0 Å². The SMILES string of the molecule is O=C(COc1ccc(Br)cc1Cl)NCCCc1ncc[nH]1. The fourth-order valence-corrected chi connectivity index (χ4v) is 2.43. The van der Waals surface area contributed by atoms with Crippen LogP contribution in [-0.4, -0.2) is 29.0 Å². The van der Waals surface area contributed by atoms with Crippen LogP contribution in [0.2, 0.25) is 5.02 Å². The lowest BCUT2D eigenvalue weighted by atomic mass is 10.3. The van der Waals surface area contributed by atoms with Crippen molar-refractivity contribution in [3.05, 3.63) is 45.9 Å². The molecule has 112 valence electrons. The molecule has 2 rings (SSSR count). The minimum Gasteiger partial charge on any atom is -0.482 e. The Morgan fingerprint density at radius 2 is 2.33 bits per heavy atom. The summed E-state index contributed by atoms with van der Waals surface area (Å²) in [6.45, 7) is 0.527. The second-order valence-electron chi connectivity index (χ2n) is 4.35. The molecule has 0 spiro atoms. The van der Waals surface area contributed by atoms with E-state index in [-0.39, 0.29) is 12.5 Å². The Balaban J connectivity index is 1.65. The molecule has 0 atom stereocenters. The van der Waals surface area contributed by atoms with Gasteiger partial charge in [-0.25, -0.2) is 4.98 Å². The van der Waals surface area contributed by atoms with Crippen LogP contribution in [0.3, 0.4) is 0 Å². The Hall–Kier alpha value is -1.53. The number of amides is 1. The monoisotopic (exact) mass is 371 g/mol. The maximum absolute atomic E-state index is 11.6. The number of aromatic nitrogens is 2. The zero-order chi connectivity index (χ0) is 15.1. The molecular weight excluding hydrogens is 358 g/mol. The van der Waals surface area contributed by atoms with E-state index < -0.39 is 0 Å². The Morgan fingerprint density at radius 1 is 1.48 bits per heavy atom. The summed E-state index contributed by atoms with van der Waals surface area (Å²) in [7, 11) is 0. The zero-order valence-electron chi connectivity index (χ0n) is 11.2. The average molecular weight is 373 g/mol. The third-order valence-electron chi connectivity index (χ3n) is 2.72. The number of aromatic amines is 1. The van der Waals surface area contributed by atoms with Crippen LogP contribution >= 0.6 is 27.5 Å². The molecule has 0 aliphatic rings. The van der Waals surface area contributed by atoms with Gasteiger partial charge >= 0.3 is 0 Å². The number of halogens is 2. The maximum atomic E-state index is 11.6. The molecule has 1 amide bonds. The number of nitrogens with one attached hydrogen (secondary N) is 2. The Morgan fingerprint density at radius 3 is 3.05 bits per heavy atom. The highest BCUT2D eigenvalue weighted by Crippen LogP contribution is 2.27. The normalized spacial score (nSPS) is 10.4. The van der Waals surface area contributed by atoms with E-state index in [0.29, 0.717) is 17.3 Å². The van der Waals surface area contributed by atoms with Gasteiger partial charge in [0.1, 0.15) is 11.6 Å². The van der Waals surface area contributed by atoms with Crippen LogP contribution in [0.5, 0.6) is 5.75 Å². The first-order valence-corrected chi connectivity index (χ1v) is 7.65. The predicted octanol–water partition coefficient (Wildman–Crippen LogP) is 2.95. The van der Waals surface area contributed by atoms with Crippen LogP contribution < -0.4 is 10.1 Å². The first-order chi connectivity index (χ1) is 10.1. The van der Waals surface area contributed by atoms with Crippen LogP contribution in [0.1, 0.15) is 12.2 Å². The van der Waals surface area contributed by atoms with Gasteiger partial charge in [0.25, 0.3) is 5.91 Å². The van der Waals surface area contributed by atoms with Crippen molar-refractivity contribution in [2.24, 2.45) is 0 Å². The zero-order valence-corrected chi connectivity index (χ0v) is 13.6. The molecule has 0 bridgehead atoms. The number of nitrogens with zero attached hydrogens (tertiary/aromatic N) is 1. The summed E-state index contributed by atoms with van der Waals surface area (Å²) in [5, 5.41) is 3.26. The quantitative estimate of drug-likeness (QED) is 0.734. The van der Waals surface area contributed by atoms with Gasteiger partial charge in [0.05, 0.1) is 5.02 Å². The summed E-state index contributed by atoms with van der Waals surface area (Å²) >= 11 is 9.31. The van der Waals surface area contributed by atoms with Crippen molar-refractivity contribution in [2.45, 2.75) is 12.8 Å². The number of benzene rings is 1. The van der Waals surface area contributed by atoms with Crippen molar-refractivity contribution < 1.29 is 9.53 Å². The molecule has 0 aliphatic heterocycles. The summed E-state index contributed by atoms with van der Waals surface area (Å²) in [5.74, 6) is 1.24. The van der Waals surface area contributed by atoms with Crippen LogP contribution in [-0.2, 0) is 11.2 Å². The molecule has 2 aromatic rings. The number of aryl methyl sites for hydroxylation is 1. The van der Waals surface area contributed by atoms with Gasteiger partial charge in [-0.3, -0.25) is 4.79 Å². The topological polar surface area (TPSA) is 67.0 Å². The van der Waals surface area contributed by atoms with Crippen molar-refractivity contribution in [1.82, 2.24) is 15.3 Å². The van der Waals surface area contributed by atoms with E-state index in [0.717, 1.165) is 23.1 Å². The van der Waals surface area contributed by atoms with Gasteiger partial charge in [-0.15, -0.1) is 0 Å². The molecule has 0 saturated heterocycles. The van der Waals surface area contributed by atoms with Gasteiger partial charge in [-0.05, 0) is 24.6 Å². The minimum absolute atomic E-state index is 0.0535. The molecule has 2 N–H and O–H groups in total. The molecule has 0 radical (unpaired) electrons. The number of ether oxygens (including phenoxy) is 1. The fraction of sp³-hybridized carbons (Fsp3) is 0.286. The van der Waals surface area contributed by atoms with Crippen LogP contribution in [0.15, 0.2) is 35.1 Å². The molecular formula is C14H15BrClN3O2. The summed E-state index contributed by atoms with van der Waals surface area (Å²) in [6, 6.07) is 5.25. The van der Waals surface area contributed by atoms with Crippen LogP contribution in [0.25, 0.3) is 0 Å². The lowest BCUT2D eigenvalue weighted by Crippen LogP contribution is -2.30. The van der Waals surface area contributed by atoms with E-state index in [4.69, 9.17) is 16.3 Å². The molecule has 0 unspecified atom stereocenters. The highest BCUT2D eigenvalue weighted by molar-refractivity contribution is 9.10. The standard InChI is InChI=1S/C14H15BrClN3O2/c15-10-3-4-12(11(16)8-10)21-9-14(20)19-5-1-2-13-17-6-7-18-13/h3-4,6-8H,1-2,5,9H2,(H,17,18)(H,19,20). The lowest BCUT2D eigenvalue weighted by molar-refractivity contribution is -0.123. The molecule has 0 fully saturated rings. The summed E-state index contributed by atoms with van der Waals surface area (Å²) < 4.78 is 6.24. The first-order valence-electron chi connectivity index (χ1n) is 6.48. The molecule has 0 aliphatic carbocycles. The van der Waals surface area contributed by atoms with Gasteiger partial charge < -0.3 is 15.0 Å². The van der Waals surface area contributed by atoms with Gasteiger partial charge in [-0.2, -0.15) is 0 Å². The molecule has 1 heterocycles. The molecule has 0 saturated carbocycles. The Kier molecular flexibility index (Phi) is 6.07. The number of carbonyl (C=O) groups excluding carboxylic acids is 1.